The van der Waals surface area contributed by atoms with Crippen molar-refractivity contribution in [2.45, 2.75) is 95.2 Å². The van der Waals surface area contributed by atoms with Crippen LogP contribution in [0.3, 0.4) is 0 Å². The van der Waals surface area contributed by atoms with E-state index >= 15 is 0 Å². The first-order chi connectivity index (χ1) is 27.2. The van der Waals surface area contributed by atoms with Crippen molar-refractivity contribution in [3.63, 3.8) is 0 Å². The summed E-state index contributed by atoms with van der Waals surface area (Å²) in [5.74, 6) is 0.886. The van der Waals surface area contributed by atoms with E-state index in [0.717, 1.165) is 83.6 Å². The first-order valence-corrected chi connectivity index (χ1v) is 20.7. The van der Waals surface area contributed by atoms with Crippen molar-refractivity contribution in [3.8, 4) is 11.3 Å². The number of hydrogen-bond acceptors (Lipinski definition) is 8. The Bertz CT molecular complexity index is 2240. The molecule has 0 bridgehead atoms. The fraction of sp³-hybridized carbons (Fsp3) is 0.523. The van der Waals surface area contributed by atoms with Gasteiger partial charge in [-0.1, -0.05) is 24.6 Å². The second-order valence-corrected chi connectivity index (χ2v) is 17.6. The summed E-state index contributed by atoms with van der Waals surface area (Å²) in [5.41, 5.74) is 6.72. The molecule has 4 aromatic rings. The third kappa shape index (κ3) is 5.73. The number of amides is 3. The molecule has 1 spiro atoms. The van der Waals surface area contributed by atoms with Gasteiger partial charge in [0, 0.05) is 60.8 Å². The van der Waals surface area contributed by atoms with Crippen LogP contribution in [-0.2, 0) is 19.7 Å². The lowest BCUT2D eigenvalue weighted by Crippen LogP contribution is -2.59. The fourth-order valence-electron chi connectivity index (χ4n) is 10.1. The molecule has 292 valence electrons. The van der Waals surface area contributed by atoms with Crippen LogP contribution in [0.2, 0.25) is 0 Å². The molecule has 6 heterocycles. The Morgan fingerprint density at radius 2 is 1.68 bits per heavy atom. The van der Waals surface area contributed by atoms with Crippen molar-refractivity contribution < 1.29 is 19.1 Å². The number of carbonyl (C=O) groups is 3. The number of benzene rings is 2. The average molecular weight is 757 g/mol. The minimum atomic E-state index is -0.654. The quantitative estimate of drug-likeness (QED) is 0.221. The normalized spacial score (nSPS) is 24.2. The molecule has 2 aromatic carbocycles. The van der Waals surface area contributed by atoms with Crippen LogP contribution in [0.25, 0.3) is 22.3 Å². The Kier molecular flexibility index (Phi) is 8.52. The standard InChI is InChI=1S/C44H52N8O4/c1-27-7-9-29(20-33(27)40(53)45-3)47-39-38-36(46-26-51(38)30-10-11-30)23-35(48-39)28-8-12-34-37(19-28)52(32-21-31(22-32)49-15-5-4-6-16-49)42(55)44(34)13-17-50(18-14-44)41(54)43(2)24-56-25-43/h7-9,12,19-20,23,26,30-32H,4-6,10-11,13-18,21-22,24-25H2,1-3H3,(H,45,53)(H,47,48)/t31-,32+. The maximum Gasteiger partial charge on any atom is 0.251 e. The molecule has 3 saturated heterocycles. The van der Waals surface area contributed by atoms with Gasteiger partial charge in [0.1, 0.15) is 5.52 Å². The SMILES string of the molecule is CNC(=O)c1cc(Nc2nc(-c3ccc4c(c3)N([C@H]3C[C@@H](N5CCCCC5)C3)C(=O)C43CCN(C(=O)C4(C)COC4)CC3)cc3ncn(C4CC4)c23)ccc1C. The smallest absolute Gasteiger partial charge is 0.251 e. The summed E-state index contributed by atoms with van der Waals surface area (Å²) in [6.07, 6.45) is 11.2. The molecule has 2 aliphatic carbocycles. The van der Waals surface area contributed by atoms with Crippen LogP contribution in [0.5, 0.6) is 0 Å². The van der Waals surface area contributed by atoms with Crippen LogP contribution in [0.1, 0.15) is 92.2 Å². The Labute approximate surface area is 328 Å². The highest BCUT2D eigenvalue weighted by Crippen LogP contribution is 2.52. The lowest BCUT2D eigenvalue weighted by Gasteiger charge is -2.48. The minimum absolute atomic E-state index is 0.135. The van der Waals surface area contributed by atoms with E-state index in [1.165, 1.54) is 19.3 Å². The Morgan fingerprint density at radius 1 is 0.911 bits per heavy atom. The summed E-state index contributed by atoms with van der Waals surface area (Å²) in [6.45, 7) is 8.29. The van der Waals surface area contributed by atoms with Gasteiger partial charge in [-0.25, -0.2) is 9.97 Å². The highest BCUT2D eigenvalue weighted by atomic mass is 16.5. The Balaban J connectivity index is 1.01. The summed E-state index contributed by atoms with van der Waals surface area (Å²) < 4.78 is 7.64. The number of likely N-dealkylation sites (tertiary alicyclic amines) is 2. The lowest BCUT2D eigenvalue weighted by molar-refractivity contribution is -0.170. The average Bonchev–Trinajstić information content (AvgIpc) is 3.91. The number of aromatic nitrogens is 3. The third-order valence-corrected chi connectivity index (χ3v) is 13.8. The van der Waals surface area contributed by atoms with Crippen molar-refractivity contribution >= 4 is 45.9 Å². The number of carbonyl (C=O) groups excluding carboxylic acids is 3. The Hall–Kier alpha value is -4.81. The van der Waals surface area contributed by atoms with Gasteiger partial charge in [-0.3, -0.25) is 14.4 Å². The molecule has 2 N–H and O–H groups in total. The summed E-state index contributed by atoms with van der Waals surface area (Å²) in [6, 6.07) is 15.4. The van der Waals surface area contributed by atoms with Gasteiger partial charge in [0.25, 0.3) is 5.91 Å². The molecule has 12 heteroatoms. The van der Waals surface area contributed by atoms with E-state index < -0.39 is 10.8 Å². The second kappa shape index (κ2) is 13.4. The number of anilines is 3. The number of rotatable bonds is 8. The Morgan fingerprint density at radius 3 is 2.38 bits per heavy atom. The summed E-state index contributed by atoms with van der Waals surface area (Å²) in [4.78, 5) is 58.1. The van der Waals surface area contributed by atoms with Gasteiger partial charge in [0.2, 0.25) is 11.8 Å². The van der Waals surface area contributed by atoms with E-state index in [1.54, 1.807) is 7.05 Å². The monoisotopic (exact) mass is 756 g/mol. The number of ether oxygens (including phenoxy) is 1. The minimum Gasteiger partial charge on any atom is -0.379 e. The van der Waals surface area contributed by atoms with Crippen molar-refractivity contribution in [2.24, 2.45) is 5.41 Å². The number of piperidine rings is 2. The van der Waals surface area contributed by atoms with E-state index in [2.05, 4.69) is 49.3 Å². The molecule has 2 aromatic heterocycles. The van der Waals surface area contributed by atoms with Gasteiger partial charge >= 0.3 is 0 Å². The maximum atomic E-state index is 15.0. The molecule has 12 nitrogen and oxygen atoms in total. The number of fused-ring (bicyclic) bond motifs is 3. The van der Waals surface area contributed by atoms with Crippen LogP contribution in [-0.4, -0.2) is 101 Å². The number of aryl methyl sites for hydroxylation is 1. The van der Waals surface area contributed by atoms with Gasteiger partial charge < -0.3 is 34.6 Å². The number of hydrogen-bond donors (Lipinski definition) is 2. The fourth-order valence-corrected chi connectivity index (χ4v) is 10.1. The van der Waals surface area contributed by atoms with Crippen LogP contribution in [0.15, 0.2) is 48.8 Å². The van der Waals surface area contributed by atoms with Crippen LogP contribution < -0.4 is 15.5 Å². The maximum absolute atomic E-state index is 15.0. The number of nitrogens with zero attached hydrogens (tertiary/aromatic N) is 6. The van der Waals surface area contributed by atoms with Crippen molar-refractivity contribution in [1.29, 1.82) is 0 Å². The van der Waals surface area contributed by atoms with Gasteiger partial charge in [0.15, 0.2) is 5.82 Å². The molecule has 0 atom stereocenters. The van der Waals surface area contributed by atoms with Crippen LogP contribution in [0, 0.1) is 12.3 Å². The van der Waals surface area contributed by atoms with Gasteiger partial charge in [-0.05, 0) is 114 Å². The van der Waals surface area contributed by atoms with Crippen molar-refractivity contribution in [3.05, 3.63) is 65.5 Å². The van der Waals surface area contributed by atoms with E-state index in [9.17, 15) is 14.4 Å². The predicted molar refractivity (Wildman–Crippen MR) is 215 cm³/mol. The first kappa shape index (κ1) is 35.6. The first-order valence-electron chi connectivity index (χ1n) is 20.7. The number of nitrogens with one attached hydrogen (secondary N) is 2. The lowest BCUT2D eigenvalue weighted by atomic mass is 9.72. The molecule has 0 radical (unpaired) electrons. The highest BCUT2D eigenvalue weighted by molar-refractivity contribution is 6.09. The van der Waals surface area contributed by atoms with Crippen molar-refractivity contribution in [2.75, 3.05) is 56.7 Å². The third-order valence-electron chi connectivity index (χ3n) is 13.8. The number of imidazole rings is 1. The largest absolute Gasteiger partial charge is 0.379 e. The van der Waals surface area contributed by atoms with Gasteiger partial charge in [-0.15, -0.1) is 0 Å². The highest BCUT2D eigenvalue weighted by Gasteiger charge is 2.57. The molecule has 10 rings (SSSR count). The molecule has 2 saturated carbocycles. The molecule has 4 aliphatic heterocycles. The van der Waals surface area contributed by atoms with E-state index in [0.29, 0.717) is 62.6 Å². The predicted octanol–water partition coefficient (Wildman–Crippen LogP) is 6.11. The van der Waals surface area contributed by atoms with E-state index in [-0.39, 0.29) is 23.8 Å². The molecule has 3 amide bonds. The zero-order valence-corrected chi connectivity index (χ0v) is 32.8. The molecule has 0 unspecified atom stereocenters. The van der Waals surface area contributed by atoms with Crippen molar-refractivity contribution in [1.82, 2.24) is 29.7 Å². The van der Waals surface area contributed by atoms with Gasteiger partial charge in [-0.2, -0.15) is 0 Å². The van der Waals surface area contributed by atoms with E-state index in [4.69, 9.17) is 14.7 Å². The summed E-state index contributed by atoms with van der Waals surface area (Å²) >= 11 is 0. The molecule has 6 aliphatic rings. The van der Waals surface area contributed by atoms with Gasteiger partial charge in [0.05, 0.1) is 41.6 Å². The van der Waals surface area contributed by atoms with E-state index in [1.807, 2.05) is 43.3 Å². The number of pyridine rings is 1. The van der Waals surface area contributed by atoms with Crippen LogP contribution >= 0.6 is 0 Å². The summed E-state index contributed by atoms with van der Waals surface area (Å²) in [5, 5.41) is 6.33. The van der Waals surface area contributed by atoms with Crippen LogP contribution in [0.4, 0.5) is 17.2 Å². The molecule has 5 fully saturated rings. The zero-order chi connectivity index (χ0) is 38.3. The second-order valence-electron chi connectivity index (χ2n) is 17.6. The molecular formula is C44H52N8O4. The topological polar surface area (TPSA) is 125 Å². The summed E-state index contributed by atoms with van der Waals surface area (Å²) in [7, 11) is 1.64. The molecular weight excluding hydrogens is 705 g/mol. The molecule has 56 heavy (non-hydrogen) atoms. The zero-order valence-electron chi connectivity index (χ0n) is 32.8.